The third kappa shape index (κ3) is 4.08. The number of hydrogen-bond acceptors (Lipinski definition) is 3. The zero-order chi connectivity index (χ0) is 14.5. The normalized spacial score (nSPS) is 23.1. The first-order chi connectivity index (χ1) is 9.60. The van der Waals surface area contributed by atoms with Crippen molar-refractivity contribution in [2.45, 2.75) is 51.6 Å². The smallest absolute Gasteiger partial charge is 0.423 e. The maximum Gasteiger partial charge on any atom is 0.488 e. The van der Waals surface area contributed by atoms with Crippen molar-refractivity contribution < 1.29 is 10.0 Å². The maximum absolute atomic E-state index is 9.23. The van der Waals surface area contributed by atoms with Gasteiger partial charge in [-0.2, -0.15) is 0 Å². The molecule has 3 nitrogen and oxygen atoms in total. The number of rotatable bonds is 5. The average Bonchev–Trinajstić information content (AvgIpc) is 2.47. The summed E-state index contributed by atoms with van der Waals surface area (Å²) in [5.41, 5.74) is 1.72. The Morgan fingerprint density at radius 3 is 2.50 bits per heavy atom. The molecule has 1 saturated carbocycles. The lowest BCUT2D eigenvalue weighted by atomic mass is 9.79. The first-order valence-corrected chi connectivity index (χ1v) is 7.75. The molecule has 1 aliphatic rings. The lowest BCUT2D eigenvalue weighted by Gasteiger charge is -2.34. The lowest BCUT2D eigenvalue weighted by Crippen LogP contribution is -2.35. The van der Waals surface area contributed by atoms with E-state index in [9.17, 15) is 10.0 Å². The van der Waals surface area contributed by atoms with Gasteiger partial charge in [-0.25, -0.2) is 0 Å². The van der Waals surface area contributed by atoms with E-state index in [2.05, 4.69) is 24.9 Å². The first-order valence-electron chi connectivity index (χ1n) is 7.75. The van der Waals surface area contributed by atoms with E-state index >= 15 is 0 Å². The van der Waals surface area contributed by atoms with Gasteiger partial charge in [0.2, 0.25) is 0 Å². The number of nitrogens with zero attached hydrogens (tertiary/aromatic N) is 1. The Labute approximate surface area is 122 Å². The van der Waals surface area contributed by atoms with E-state index in [4.69, 9.17) is 0 Å². The van der Waals surface area contributed by atoms with Crippen molar-refractivity contribution in [1.82, 2.24) is 4.90 Å². The Morgan fingerprint density at radius 1 is 1.20 bits per heavy atom. The molecule has 0 aliphatic heterocycles. The molecule has 0 heterocycles. The topological polar surface area (TPSA) is 43.7 Å². The van der Waals surface area contributed by atoms with Crippen LogP contribution in [0.15, 0.2) is 24.3 Å². The van der Waals surface area contributed by atoms with E-state index in [1.54, 1.807) is 6.07 Å². The second-order valence-electron chi connectivity index (χ2n) is 6.12. The molecule has 0 radical (unpaired) electrons. The Morgan fingerprint density at radius 2 is 1.90 bits per heavy atom. The summed E-state index contributed by atoms with van der Waals surface area (Å²) in [5.74, 6) is 0.924. The molecule has 2 rings (SSSR count). The van der Waals surface area contributed by atoms with Crippen LogP contribution in [0, 0.1) is 5.92 Å². The molecule has 1 aromatic carbocycles. The van der Waals surface area contributed by atoms with Gasteiger partial charge in [0, 0.05) is 12.6 Å². The zero-order valence-corrected chi connectivity index (χ0v) is 12.6. The van der Waals surface area contributed by atoms with E-state index in [0.717, 1.165) is 18.0 Å². The van der Waals surface area contributed by atoms with Crippen LogP contribution in [0.2, 0.25) is 0 Å². The molecule has 0 atom stereocenters. The molecule has 0 spiro atoms. The van der Waals surface area contributed by atoms with Crippen LogP contribution in [0.3, 0.4) is 0 Å². The van der Waals surface area contributed by atoms with Crippen LogP contribution in [0.1, 0.15) is 44.6 Å². The fourth-order valence-corrected chi connectivity index (χ4v) is 3.26. The minimum absolute atomic E-state index is 0.575. The van der Waals surface area contributed by atoms with Gasteiger partial charge < -0.3 is 10.0 Å². The Balaban J connectivity index is 1.91. The van der Waals surface area contributed by atoms with E-state index in [-0.39, 0.29) is 0 Å². The third-order valence-corrected chi connectivity index (χ3v) is 4.70. The van der Waals surface area contributed by atoms with Gasteiger partial charge in [-0.15, -0.1) is 0 Å². The molecule has 2 N–H and O–H groups in total. The van der Waals surface area contributed by atoms with E-state index in [0.29, 0.717) is 11.5 Å². The van der Waals surface area contributed by atoms with Crippen molar-refractivity contribution in [3.63, 3.8) is 0 Å². The van der Waals surface area contributed by atoms with Gasteiger partial charge in [-0.05, 0) is 49.7 Å². The summed E-state index contributed by atoms with van der Waals surface area (Å²) in [6.07, 6.45) is 6.59. The molecular formula is C16H26BNO2. The summed E-state index contributed by atoms with van der Waals surface area (Å²) < 4.78 is 0. The van der Waals surface area contributed by atoms with Crippen LogP contribution in [0.4, 0.5) is 0 Å². The number of benzene rings is 1. The predicted molar refractivity (Wildman–Crippen MR) is 83.8 cm³/mol. The molecule has 0 bridgehead atoms. The fraction of sp³-hybridized carbons (Fsp3) is 0.625. The van der Waals surface area contributed by atoms with Crippen molar-refractivity contribution in [1.29, 1.82) is 0 Å². The molecule has 1 aliphatic carbocycles. The summed E-state index contributed by atoms with van der Waals surface area (Å²) in [6, 6.07) is 8.26. The molecule has 1 fully saturated rings. The summed E-state index contributed by atoms with van der Waals surface area (Å²) in [6.45, 7) is 3.17. The maximum atomic E-state index is 9.23. The van der Waals surface area contributed by atoms with Crippen molar-refractivity contribution >= 4 is 12.6 Å². The van der Waals surface area contributed by atoms with Crippen molar-refractivity contribution in [2.75, 3.05) is 7.05 Å². The van der Waals surface area contributed by atoms with Gasteiger partial charge in [0.05, 0.1) is 0 Å². The van der Waals surface area contributed by atoms with Crippen molar-refractivity contribution in [2.24, 2.45) is 5.92 Å². The summed E-state index contributed by atoms with van der Waals surface area (Å²) in [4.78, 5) is 2.41. The summed E-state index contributed by atoms with van der Waals surface area (Å²) in [5, 5.41) is 18.5. The van der Waals surface area contributed by atoms with Crippen LogP contribution in [0.5, 0.6) is 0 Å². The Bertz CT molecular complexity index is 417. The van der Waals surface area contributed by atoms with E-state index < -0.39 is 7.12 Å². The quantitative estimate of drug-likeness (QED) is 0.805. The Kier molecular flexibility index (Phi) is 5.64. The second kappa shape index (κ2) is 7.25. The third-order valence-electron chi connectivity index (χ3n) is 4.70. The van der Waals surface area contributed by atoms with E-state index in [1.807, 2.05) is 12.1 Å². The van der Waals surface area contributed by atoms with Crippen molar-refractivity contribution in [3.05, 3.63) is 29.8 Å². The molecule has 20 heavy (non-hydrogen) atoms. The molecule has 0 aromatic heterocycles. The van der Waals surface area contributed by atoms with Gasteiger partial charge in [0.1, 0.15) is 0 Å². The largest absolute Gasteiger partial charge is 0.488 e. The van der Waals surface area contributed by atoms with Gasteiger partial charge in [0.15, 0.2) is 0 Å². The predicted octanol–water partition coefficient (Wildman–Crippen LogP) is 1.77. The van der Waals surface area contributed by atoms with Crippen LogP contribution < -0.4 is 5.46 Å². The monoisotopic (exact) mass is 275 g/mol. The molecule has 0 saturated heterocycles. The molecular weight excluding hydrogens is 249 g/mol. The molecule has 1 aromatic rings. The van der Waals surface area contributed by atoms with Crippen LogP contribution in [0.25, 0.3) is 0 Å². The standard InChI is InChI=1S/C16H26BNO2/c1-3-13-7-9-16(10-8-13)18(2)12-14-5-4-6-15(11-14)17(19)20/h4-6,11,13,16,19-20H,3,7-10,12H2,1-2H3. The zero-order valence-electron chi connectivity index (χ0n) is 12.6. The van der Waals surface area contributed by atoms with E-state index in [1.165, 1.54) is 32.1 Å². The summed E-state index contributed by atoms with van der Waals surface area (Å²) in [7, 11) is 0.805. The first kappa shape index (κ1) is 15.6. The number of hydrogen-bond donors (Lipinski definition) is 2. The molecule has 0 unspecified atom stereocenters. The van der Waals surface area contributed by atoms with Gasteiger partial charge in [-0.3, -0.25) is 4.90 Å². The van der Waals surface area contributed by atoms with Crippen molar-refractivity contribution in [3.8, 4) is 0 Å². The lowest BCUT2D eigenvalue weighted by molar-refractivity contribution is 0.157. The van der Waals surface area contributed by atoms with Gasteiger partial charge in [0.25, 0.3) is 0 Å². The minimum atomic E-state index is -1.37. The highest BCUT2D eigenvalue weighted by Crippen LogP contribution is 2.29. The minimum Gasteiger partial charge on any atom is -0.423 e. The molecule has 4 heteroatoms. The highest BCUT2D eigenvalue weighted by atomic mass is 16.4. The molecule has 0 amide bonds. The Hall–Kier alpha value is -0.835. The van der Waals surface area contributed by atoms with Gasteiger partial charge in [-0.1, -0.05) is 37.6 Å². The molecule has 110 valence electrons. The van der Waals surface area contributed by atoms with Crippen LogP contribution in [-0.2, 0) is 6.54 Å². The average molecular weight is 275 g/mol. The second-order valence-corrected chi connectivity index (χ2v) is 6.12. The fourth-order valence-electron chi connectivity index (χ4n) is 3.26. The van der Waals surface area contributed by atoms with Crippen LogP contribution >= 0.6 is 0 Å². The highest BCUT2D eigenvalue weighted by molar-refractivity contribution is 6.58. The highest BCUT2D eigenvalue weighted by Gasteiger charge is 2.23. The summed E-state index contributed by atoms with van der Waals surface area (Å²) >= 11 is 0. The SMILES string of the molecule is CCC1CCC(N(C)Cc2cccc(B(O)O)c2)CC1. The van der Waals surface area contributed by atoms with Crippen LogP contribution in [-0.4, -0.2) is 35.2 Å². The van der Waals surface area contributed by atoms with Gasteiger partial charge >= 0.3 is 7.12 Å².